The van der Waals surface area contributed by atoms with E-state index in [1.807, 2.05) is 6.07 Å². The van der Waals surface area contributed by atoms with Gasteiger partial charge in [-0.25, -0.2) is 4.39 Å². The van der Waals surface area contributed by atoms with Gasteiger partial charge in [-0.05, 0) is 35.4 Å². The highest BCUT2D eigenvalue weighted by molar-refractivity contribution is 5.96. The monoisotopic (exact) mass is 257 g/mol. The molecule has 4 heteroatoms. The first-order chi connectivity index (χ1) is 9.20. The van der Waals surface area contributed by atoms with Crippen molar-refractivity contribution in [2.45, 2.75) is 0 Å². The standard InChI is InChI=1S/C15H12FNO2/c16-14-6-4-11(5-7-14)12-2-1-3-13(10-12)15(19)17-8-9-18/h1-7,9-10H,8H2,(H,17,19). The van der Waals surface area contributed by atoms with Crippen LogP contribution in [0.4, 0.5) is 4.39 Å². The number of halogens is 1. The van der Waals surface area contributed by atoms with Gasteiger partial charge >= 0.3 is 0 Å². The fourth-order valence-corrected chi connectivity index (χ4v) is 1.72. The lowest BCUT2D eigenvalue weighted by Crippen LogP contribution is -2.25. The van der Waals surface area contributed by atoms with Gasteiger partial charge in [0.2, 0.25) is 0 Å². The molecule has 2 aromatic rings. The lowest BCUT2D eigenvalue weighted by molar-refractivity contribution is -0.107. The quantitative estimate of drug-likeness (QED) is 0.855. The zero-order valence-corrected chi connectivity index (χ0v) is 10.1. The molecule has 2 aromatic carbocycles. The van der Waals surface area contributed by atoms with E-state index in [-0.39, 0.29) is 18.3 Å². The molecule has 2 rings (SSSR count). The molecule has 0 heterocycles. The maximum atomic E-state index is 12.9. The van der Waals surface area contributed by atoms with Crippen LogP contribution in [0.2, 0.25) is 0 Å². The minimum absolute atomic E-state index is 0.0143. The highest BCUT2D eigenvalue weighted by atomic mass is 19.1. The largest absolute Gasteiger partial charge is 0.345 e. The molecule has 0 spiro atoms. The molecular formula is C15H12FNO2. The molecule has 19 heavy (non-hydrogen) atoms. The predicted octanol–water partition coefficient (Wildman–Crippen LogP) is 2.42. The van der Waals surface area contributed by atoms with Gasteiger partial charge in [0, 0.05) is 5.56 Å². The lowest BCUT2D eigenvalue weighted by Gasteiger charge is -2.05. The van der Waals surface area contributed by atoms with E-state index in [9.17, 15) is 14.0 Å². The highest BCUT2D eigenvalue weighted by Gasteiger charge is 2.06. The summed E-state index contributed by atoms with van der Waals surface area (Å²) < 4.78 is 12.9. The van der Waals surface area contributed by atoms with Crippen LogP contribution in [0, 0.1) is 5.82 Å². The van der Waals surface area contributed by atoms with Gasteiger partial charge in [0.1, 0.15) is 12.1 Å². The molecular weight excluding hydrogens is 245 g/mol. The van der Waals surface area contributed by atoms with Crippen molar-refractivity contribution in [1.29, 1.82) is 0 Å². The molecule has 1 N–H and O–H groups in total. The third-order valence-electron chi connectivity index (χ3n) is 2.65. The molecule has 0 saturated carbocycles. The van der Waals surface area contributed by atoms with Crippen LogP contribution < -0.4 is 5.32 Å². The molecule has 3 nitrogen and oxygen atoms in total. The Morgan fingerprint density at radius 1 is 1.11 bits per heavy atom. The van der Waals surface area contributed by atoms with Gasteiger partial charge in [-0.1, -0.05) is 24.3 Å². The second-order valence-corrected chi connectivity index (χ2v) is 3.96. The van der Waals surface area contributed by atoms with Gasteiger partial charge in [0.05, 0.1) is 6.54 Å². The number of benzene rings is 2. The van der Waals surface area contributed by atoms with Crippen molar-refractivity contribution >= 4 is 12.2 Å². The Labute approximate surface area is 110 Å². The lowest BCUT2D eigenvalue weighted by atomic mass is 10.0. The van der Waals surface area contributed by atoms with Crippen LogP contribution in [-0.2, 0) is 4.79 Å². The number of carbonyl (C=O) groups is 2. The van der Waals surface area contributed by atoms with E-state index in [0.29, 0.717) is 11.8 Å². The molecule has 0 unspecified atom stereocenters. The number of carbonyl (C=O) groups excluding carboxylic acids is 2. The van der Waals surface area contributed by atoms with Crippen molar-refractivity contribution in [2.75, 3.05) is 6.54 Å². The van der Waals surface area contributed by atoms with Gasteiger partial charge < -0.3 is 10.1 Å². The third kappa shape index (κ3) is 3.25. The van der Waals surface area contributed by atoms with E-state index in [2.05, 4.69) is 5.32 Å². The van der Waals surface area contributed by atoms with Gasteiger partial charge in [0.15, 0.2) is 0 Å². The SMILES string of the molecule is O=CCNC(=O)c1cccc(-c2ccc(F)cc2)c1. The summed E-state index contributed by atoms with van der Waals surface area (Å²) >= 11 is 0. The second-order valence-electron chi connectivity index (χ2n) is 3.96. The second kappa shape index (κ2) is 5.91. The van der Waals surface area contributed by atoms with Crippen molar-refractivity contribution in [3.05, 3.63) is 59.9 Å². The average Bonchev–Trinajstić information content (AvgIpc) is 2.45. The van der Waals surface area contributed by atoms with Gasteiger partial charge in [-0.3, -0.25) is 4.79 Å². The molecule has 0 radical (unpaired) electrons. The van der Waals surface area contributed by atoms with Gasteiger partial charge in [-0.2, -0.15) is 0 Å². The first-order valence-electron chi connectivity index (χ1n) is 5.78. The van der Waals surface area contributed by atoms with Gasteiger partial charge in [-0.15, -0.1) is 0 Å². The summed E-state index contributed by atoms with van der Waals surface area (Å²) in [5, 5.41) is 2.47. The molecule has 0 saturated heterocycles. The summed E-state index contributed by atoms with van der Waals surface area (Å²) in [6.45, 7) is -0.0143. The summed E-state index contributed by atoms with van der Waals surface area (Å²) in [6, 6.07) is 13.0. The molecule has 0 atom stereocenters. The maximum absolute atomic E-state index is 12.9. The molecule has 0 aromatic heterocycles. The first-order valence-corrected chi connectivity index (χ1v) is 5.78. The summed E-state index contributed by atoms with van der Waals surface area (Å²) in [5.74, 6) is -0.611. The van der Waals surface area contributed by atoms with Crippen LogP contribution in [0.5, 0.6) is 0 Å². The van der Waals surface area contributed by atoms with E-state index in [1.54, 1.807) is 30.3 Å². The van der Waals surface area contributed by atoms with Crippen molar-refractivity contribution < 1.29 is 14.0 Å². The van der Waals surface area contributed by atoms with E-state index in [0.717, 1.165) is 11.1 Å². The minimum Gasteiger partial charge on any atom is -0.345 e. The minimum atomic E-state index is -0.309. The Morgan fingerprint density at radius 3 is 2.53 bits per heavy atom. The Morgan fingerprint density at radius 2 is 1.84 bits per heavy atom. The Balaban J connectivity index is 2.26. The van der Waals surface area contributed by atoms with Crippen LogP contribution in [0.15, 0.2) is 48.5 Å². The molecule has 0 fully saturated rings. The van der Waals surface area contributed by atoms with Crippen molar-refractivity contribution in [2.24, 2.45) is 0 Å². The summed E-state index contributed by atoms with van der Waals surface area (Å²) in [5.41, 5.74) is 2.11. The van der Waals surface area contributed by atoms with Gasteiger partial charge in [0.25, 0.3) is 5.91 Å². The average molecular weight is 257 g/mol. The van der Waals surface area contributed by atoms with Crippen molar-refractivity contribution in [3.8, 4) is 11.1 Å². The maximum Gasteiger partial charge on any atom is 0.251 e. The van der Waals surface area contributed by atoms with Crippen LogP contribution >= 0.6 is 0 Å². The topological polar surface area (TPSA) is 46.2 Å². The number of amides is 1. The molecule has 0 aliphatic heterocycles. The third-order valence-corrected chi connectivity index (χ3v) is 2.65. The summed E-state index contributed by atoms with van der Waals surface area (Å²) in [4.78, 5) is 21.9. The number of nitrogens with one attached hydrogen (secondary N) is 1. The predicted molar refractivity (Wildman–Crippen MR) is 70.2 cm³/mol. The van der Waals surface area contributed by atoms with Crippen LogP contribution in [0.1, 0.15) is 10.4 Å². The Hall–Kier alpha value is -2.49. The van der Waals surface area contributed by atoms with Crippen LogP contribution in [-0.4, -0.2) is 18.7 Å². The number of aldehydes is 1. The van der Waals surface area contributed by atoms with Crippen molar-refractivity contribution in [1.82, 2.24) is 5.32 Å². The zero-order chi connectivity index (χ0) is 13.7. The fraction of sp³-hybridized carbons (Fsp3) is 0.0667. The number of hydrogen-bond donors (Lipinski definition) is 1. The first kappa shape index (κ1) is 13.0. The summed E-state index contributed by atoms with van der Waals surface area (Å²) in [7, 11) is 0. The summed E-state index contributed by atoms with van der Waals surface area (Å²) in [6.07, 6.45) is 0.627. The molecule has 1 amide bonds. The molecule has 0 aliphatic carbocycles. The smallest absolute Gasteiger partial charge is 0.251 e. The molecule has 96 valence electrons. The number of rotatable bonds is 4. The molecule has 0 aliphatic rings. The Kier molecular flexibility index (Phi) is 4.03. The number of hydrogen-bond acceptors (Lipinski definition) is 2. The van der Waals surface area contributed by atoms with Crippen LogP contribution in [0.3, 0.4) is 0 Å². The van der Waals surface area contributed by atoms with E-state index < -0.39 is 0 Å². The highest BCUT2D eigenvalue weighted by Crippen LogP contribution is 2.20. The zero-order valence-electron chi connectivity index (χ0n) is 10.1. The van der Waals surface area contributed by atoms with Crippen LogP contribution in [0.25, 0.3) is 11.1 Å². The normalized spacial score (nSPS) is 9.95. The Bertz CT molecular complexity index is 593. The van der Waals surface area contributed by atoms with E-state index >= 15 is 0 Å². The fourth-order valence-electron chi connectivity index (χ4n) is 1.72. The molecule has 0 bridgehead atoms. The van der Waals surface area contributed by atoms with Crippen molar-refractivity contribution in [3.63, 3.8) is 0 Å². The van der Waals surface area contributed by atoms with E-state index in [4.69, 9.17) is 0 Å². The van der Waals surface area contributed by atoms with E-state index in [1.165, 1.54) is 12.1 Å².